The molecule has 168 valence electrons. The van der Waals surface area contributed by atoms with Gasteiger partial charge in [-0.3, -0.25) is 14.0 Å². The fourth-order valence-electron chi connectivity index (χ4n) is 3.41. The molecule has 0 unspecified atom stereocenters. The van der Waals surface area contributed by atoms with Gasteiger partial charge in [0.25, 0.3) is 11.5 Å². The van der Waals surface area contributed by atoms with Crippen LogP contribution in [0.25, 0.3) is 5.65 Å². The number of benzene rings is 2. The Balaban J connectivity index is 1.46. The van der Waals surface area contributed by atoms with E-state index in [1.165, 1.54) is 11.8 Å². The smallest absolute Gasteiger partial charge is 0.265 e. The van der Waals surface area contributed by atoms with Crippen molar-refractivity contribution in [2.75, 3.05) is 5.32 Å². The highest BCUT2D eigenvalue weighted by atomic mass is 32.2. The van der Waals surface area contributed by atoms with Gasteiger partial charge in [-0.2, -0.15) is 0 Å². The summed E-state index contributed by atoms with van der Waals surface area (Å²) in [7, 11) is 0. The highest BCUT2D eigenvalue weighted by molar-refractivity contribution is 7.98. The number of hydrogen-bond donors (Lipinski definition) is 1. The zero-order chi connectivity index (χ0) is 23.4. The van der Waals surface area contributed by atoms with Gasteiger partial charge in [0.2, 0.25) is 0 Å². The zero-order valence-corrected chi connectivity index (χ0v) is 19.6. The Morgan fingerprint density at radius 1 is 1.09 bits per heavy atom. The molecule has 0 aliphatic rings. The maximum Gasteiger partial charge on any atom is 0.265 e. The molecule has 2 heterocycles. The minimum Gasteiger partial charge on any atom is -0.481 e. The lowest BCUT2D eigenvalue weighted by Crippen LogP contribution is -2.30. The number of nitrogens with zero attached hydrogens (tertiary/aromatic N) is 2. The Morgan fingerprint density at radius 2 is 1.91 bits per heavy atom. The number of thioether (sulfide) groups is 1. The fraction of sp³-hybridized carbons (Fsp3) is 0.192. The summed E-state index contributed by atoms with van der Waals surface area (Å²) in [4.78, 5) is 30.8. The van der Waals surface area contributed by atoms with Gasteiger partial charge in [0.05, 0.1) is 11.4 Å². The van der Waals surface area contributed by atoms with Crippen LogP contribution in [-0.4, -0.2) is 21.4 Å². The van der Waals surface area contributed by atoms with E-state index >= 15 is 0 Å². The van der Waals surface area contributed by atoms with E-state index in [-0.39, 0.29) is 11.5 Å². The molecule has 0 saturated carbocycles. The van der Waals surface area contributed by atoms with Crippen molar-refractivity contribution in [3.8, 4) is 5.75 Å². The minimum absolute atomic E-state index is 0.108. The topological polar surface area (TPSA) is 72.7 Å². The first-order valence-electron chi connectivity index (χ1n) is 10.6. The van der Waals surface area contributed by atoms with Gasteiger partial charge in [0.15, 0.2) is 6.10 Å². The highest BCUT2D eigenvalue weighted by Crippen LogP contribution is 2.29. The van der Waals surface area contributed by atoms with Crippen molar-refractivity contribution < 1.29 is 9.53 Å². The average molecular weight is 460 g/mol. The quantitative estimate of drug-likeness (QED) is 0.393. The molecular weight excluding hydrogens is 434 g/mol. The maximum atomic E-state index is 12.8. The number of para-hydroxylation sites is 1. The van der Waals surface area contributed by atoms with E-state index in [0.717, 1.165) is 16.0 Å². The van der Waals surface area contributed by atoms with Gasteiger partial charge < -0.3 is 10.1 Å². The SMILES string of the molecule is Cc1cccc(O[C@@H](C)C(=O)Nc2ccccc2SCc2cc(=O)n3cccc(C)c3n2)c1. The molecule has 33 heavy (non-hydrogen) atoms. The molecule has 0 saturated heterocycles. The van der Waals surface area contributed by atoms with Crippen LogP contribution >= 0.6 is 11.8 Å². The summed E-state index contributed by atoms with van der Waals surface area (Å²) in [6, 6.07) is 20.5. The van der Waals surface area contributed by atoms with Gasteiger partial charge in [-0.05, 0) is 62.2 Å². The molecule has 1 N–H and O–H groups in total. The standard InChI is InChI=1S/C26H25N3O3S/c1-17-8-6-10-21(14-17)32-19(3)26(31)28-22-11-4-5-12-23(22)33-16-20-15-24(30)29-13-7-9-18(2)25(29)27-20/h4-15,19H,16H2,1-3H3,(H,28,31)/t19-/m0/s1. The van der Waals surface area contributed by atoms with Crippen molar-refractivity contribution in [1.82, 2.24) is 9.38 Å². The molecule has 4 aromatic rings. The Morgan fingerprint density at radius 3 is 2.73 bits per heavy atom. The molecule has 2 aromatic carbocycles. The van der Waals surface area contributed by atoms with Gasteiger partial charge in [-0.25, -0.2) is 4.98 Å². The van der Waals surface area contributed by atoms with Crippen molar-refractivity contribution in [1.29, 1.82) is 0 Å². The highest BCUT2D eigenvalue weighted by Gasteiger charge is 2.17. The number of aryl methyl sites for hydroxylation is 2. The van der Waals surface area contributed by atoms with Crippen LogP contribution in [0.2, 0.25) is 0 Å². The summed E-state index contributed by atoms with van der Waals surface area (Å²) in [5.74, 6) is 0.925. The number of hydrogen-bond acceptors (Lipinski definition) is 5. The van der Waals surface area contributed by atoms with E-state index in [2.05, 4.69) is 10.3 Å². The van der Waals surface area contributed by atoms with Crippen LogP contribution in [0.4, 0.5) is 5.69 Å². The summed E-state index contributed by atoms with van der Waals surface area (Å²) in [6.45, 7) is 5.64. The zero-order valence-electron chi connectivity index (χ0n) is 18.7. The molecule has 4 rings (SSSR count). The minimum atomic E-state index is -0.657. The van der Waals surface area contributed by atoms with Gasteiger partial charge in [0, 0.05) is 22.9 Å². The Labute approximate surface area is 196 Å². The monoisotopic (exact) mass is 459 g/mol. The first kappa shape index (κ1) is 22.6. The normalized spacial score (nSPS) is 11.8. The molecule has 1 amide bonds. The average Bonchev–Trinajstić information content (AvgIpc) is 2.79. The number of nitrogens with one attached hydrogen (secondary N) is 1. The number of aromatic nitrogens is 2. The molecule has 7 heteroatoms. The first-order chi connectivity index (χ1) is 15.9. The summed E-state index contributed by atoms with van der Waals surface area (Å²) < 4.78 is 7.35. The van der Waals surface area contributed by atoms with Crippen LogP contribution in [0, 0.1) is 13.8 Å². The molecule has 0 spiro atoms. The van der Waals surface area contributed by atoms with Crippen LogP contribution < -0.4 is 15.6 Å². The van der Waals surface area contributed by atoms with E-state index in [1.807, 2.05) is 74.5 Å². The lowest BCUT2D eigenvalue weighted by atomic mass is 10.2. The van der Waals surface area contributed by atoms with Crippen molar-refractivity contribution in [2.24, 2.45) is 0 Å². The van der Waals surface area contributed by atoms with E-state index in [9.17, 15) is 9.59 Å². The molecule has 0 radical (unpaired) electrons. The van der Waals surface area contributed by atoms with E-state index in [1.54, 1.807) is 23.6 Å². The summed E-state index contributed by atoms with van der Waals surface area (Å²) >= 11 is 1.52. The molecule has 2 aromatic heterocycles. The number of amides is 1. The first-order valence-corrected chi connectivity index (χ1v) is 11.6. The molecule has 1 atom stereocenters. The van der Waals surface area contributed by atoms with Crippen LogP contribution in [0.5, 0.6) is 5.75 Å². The molecule has 6 nitrogen and oxygen atoms in total. The van der Waals surface area contributed by atoms with Gasteiger partial charge in [-0.15, -0.1) is 11.8 Å². The van der Waals surface area contributed by atoms with Gasteiger partial charge in [0.1, 0.15) is 11.4 Å². The molecular formula is C26H25N3O3S. The second-order valence-corrected chi connectivity index (χ2v) is 8.84. The molecule has 0 aliphatic carbocycles. The number of ether oxygens (including phenoxy) is 1. The second-order valence-electron chi connectivity index (χ2n) is 7.82. The number of carbonyl (C=O) groups is 1. The number of pyridine rings is 1. The van der Waals surface area contributed by atoms with Crippen molar-refractivity contribution in [3.63, 3.8) is 0 Å². The predicted molar refractivity (Wildman–Crippen MR) is 132 cm³/mol. The number of anilines is 1. The number of fused-ring (bicyclic) bond motifs is 1. The summed E-state index contributed by atoms with van der Waals surface area (Å²) in [5, 5.41) is 2.96. The lowest BCUT2D eigenvalue weighted by molar-refractivity contribution is -0.122. The second kappa shape index (κ2) is 9.92. The van der Waals surface area contributed by atoms with Gasteiger partial charge >= 0.3 is 0 Å². The van der Waals surface area contributed by atoms with Gasteiger partial charge in [-0.1, -0.05) is 30.3 Å². The predicted octanol–water partition coefficient (Wildman–Crippen LogP) is 5.01. The van der Waals surface area contributed by atoms with Crippen LogP contribution in [0.1, 0.15) is 23.7 Å². The summed E-state index contributed by atoms with van der Waals surface area (Å²) in [5.41, 5.74) is 3.94. The molecule has 0 fully saturated rings. The Kier molecular flexibility index (Phi) is 6.79. The van der Waals surface area contributed by atoms with Crippen molar-refractivity contribution >= 4 is 29.0 Å². The Hall–Kier alpha value is -3.58. The van der Waals surface area contributed by atoms with Crippen LogP contribution in [0.3, 0.4) is 0 Å². The third-order valence-electron chi connectivity index (χ3n) is 5.13. The Bertz CT molecular complexity index is 1370. The van der Waals surface area contributed by atoms with Crippen molar-refractivity contribution in [3.05, 3.63) is 100 Å². The largest absolute Gasteiger partial charge is 0.481 e. The van der Waals surface area contributed by atoms with E-state index in [0.29, 0.717) is 28.5 Å². The van der Waals surface area contributed by atoms with Crippen LogP contribution in [-0.2, 0) is 10.5 Å². The number of carbonyl (C=O) groups excluding carboxylic acids is 1. The number of rotatable bonds is 7. The third kappa shape index (κ3) is 5.43. The maximum absolute atomic E-state index is 12.8. The lowest BCUT2D eigenvalue weighted by Gasteiger charge is -2.16. The summed E-state index contributed by atoms with van der Waals surface area (Å²) in [6.07, 6.45) is 1.06. The van der Waals surface area contributed by atoms with E-state index < -0.39 is 6.10 Å². The van der Waals surface area contributed by atoms with E-state index in [4.69, 9.17) is 4.74 Å². The van der Waals surface area contributed by atoms with Crippen molar-refractivity contribution in [2.45, 2.75) is 37.5 Å². The molecule has 0 bridgehead atoms. The molecule has 0 aliphatic heterocycles. The fourth-order valence-corrected chi connectivity index (χ4v) is 4.31. The van der Waals surface area contributed by atoms with Crippen LogP contribution in [0.15, 0.2) is 82.6 Å². The third-order valence-corrected chi connectivity index (χ3v) is 6.24.